The molecule has 0 bridgehead atoms. The fourth-order valence-electron chi connectivity index (χ4n) is 2.74. The number of methoxy groups -OCH3 is 1. The lowest BCUT2D eigenvalue weighted by atomic mass is 10.1. The van der Waals surface area contributed by atoms with Crippen LogP contribution in [0.1, 0.15) is 5.56 Å². The topological polar surface area (TPSA) is 87.2 Å². The van der Waals surface area contributed by atoms with Gasteiger partial charge in [0.15, 0.2) is 0 Å². The third-order valence-corrected chi connectivity index (χ3v) is 4.78. The number of imide groups is 2. The van der Waals surface area contributed by atoms with Crippen molar-refractivity contribution >= 4 is 45.5 Å². The molecule has 0 radical (unpaired) electrons. The Balaban J connectivity index is 2.07. The summed E-state index contributed by atoms with van der Waals surface area (Å²) in [6.45, 7) is 0.160. The Hall–Kier alpha value is -2.97. The number of nitrogens with zero attached hydrogens (tertiary/aromatic N) is 2. The normalized spacial score (nSPS) is 16.2. The molecule has 0 spiro atoms. The molecule has 1 saturated heterocycles. The molecule has 1 aliphatic rings. The van der Waals surface area contributed by atoms with E-state index in [1.54, 1.807) is 42.5 Å². The van der Waals surface area contributed by atoms with Crippen molar-refractivity contribution in [1.29, 1.82) is 0 Å². The van der Waals surface area contributed by atoms with Gasteiger partial charge in [-0.05, 0) is 51.8 Å². The summed E-state index contributed by atoms with van der Waals surface area (Å²) in [6.07, 6.45) is 1.40. The van der Waals surface area contributed by atoms with Crippen LogP contribution in [0.5, 0.6) is 5.75 Å². The van der Waals surface area contributed by atoms with Gasteiger partial charge < -0.3 is 9.84 Å². The highest BCUT2D eigenvalue weighted by Crippen LogP contribution is 2.28. The number of hydrogen-bond donors (Lipinski definition) is 1. The first-order chi connectivity index (χ1) is 13.4. The maximum atomic E-state index is 13.0. The number of phenolic OH excluding ortho intramolecular Hbond substituents is 1. The zero-order valence-electron chi connectivity index (χ0n) is 15.0. The highest BCUT2D eigenvalue weighted by atomic mass is 79.9. The van der Waals surface area contributed by atoms with Crippen LogP contribution in [0.25, 0.3) is 6.08 Å². The van der Waals surface area contributed by atoms with Gasteiger partial charge in [0.2, 0.25) is 0 Å². The van der Waals surface area contributed by atoms with Crippen LogP contribution >= 0.6 is 15.9 Å². The summed E-state index contributed by atoms with van der Waals surface area (Å²) in [7, 11) is 1.46. The van der Waals surface area contributed by atoms with Crippen molar-refractivity contribution in [2.75, 3.05) is 25.2 Å². The fourth-order valence-corrected chi connectivity index (χ4v) is 3.14. The number of barbiturate groups is 1. The Bertz CT molecular complexity index is 958. The van der Waals surface area contributed by atoms with Crippen molar-refractivity contribution in [2.45, 2.75) is 0 Å². The summed E-state index contributed by atoms with van der Waals surface area (Å²) in [5.74, 6) is -1.37. The number of amides is 4. The lowest BCUT2D eigenvalue weighted by Crippen LogP contribution is -2.57. The first kappa shape index (κ1) is 19.8. The number of halogens is 1. The van der Waals surface area contributed by atoms with Gasteiger partial charge in [-0.1, -0.05) is 24.3 Å². The number of phenols is 1. The zero-order valence-corrected chi connectivity index (χ0v) is 16.5. The third kappa shape index (κ3) is 3.83. The molecule has 2 aromatic carbocycles. The molecule has 2 aromatic rings. The quantitative estimate of drug-likeness (QED) is 0.565. The van der Waals surface area contributed by atoms with Crippen molar-refractivity contribution in [3.05, 3.63) is 64.1 Å². The van der Waals surface area contributed by atoms with Gasteiger partial charge in [-0.3, -0.25) is 14.5 Å². The van der Waals surface area contributed by atoms with Crippen molar-refractivity contribution < 1.29 is 24.2 Å². The zero-order chi connectivity index (χ0) is 20.3. The van der Waals surface area contributed by atoms with Crippen molar-refractivity contribution in [1.82, 2.24) is 4.90 Å². The molecule has 7 nitrogen and oxygen atoms in total. The molecule has 28 heavy (non-hydrogen) atoms. The van der Waals surface area contributed by atoms with Gasteiger partial charge in [0.05, 0.1) is 23.3 Å². The number of hydrogen-bond acceptors (Lipinski definition) is 5. The number of para-hydroxylation sites is 1. The van der Waals surface area contributed by atoms with E-state index in [-0.39, 0.29) is 24.5 Å². The summed E-state index contributed by atoms with van der Waals surface area (Å²) in [4.78, 5) is 40.7. The molecule has 1 N–H and O–H groups in total. The molecule has 0 aliphatic carbocycles. The first-order valence-corrected chi connectivity index (χ1v) is 9.18. The van der Waals surface area contributed by atoms with E-state index < -0.39 is 17.8 Å². The molecule has 0 saturated carbocycles. The molecule has 8 heteroatoms. The Morgan fingerprint density at radius 3 is 2.43 bits per heavy atom. The second-order valence-corrected chi connectivity index (χ2v) is 6.83. The lowest BCUT2D eigenvalue weighted by molar-refractivity contribution is -0.129. The van der Waals surface area contributed by atoms with E-state index >= 15 is 0 Å². The van der Waals surface area contributed by atoms with Gasteiger partial charge >= 0.3 is 6.03 Å². The number of rotatable bonds is 5. The van der Waals surface area contributed by atoms with Gasteiger partial charge in [0.25, 0.3) is 11.8 Å². The SMILES string of the molecule is COCCN1C(=O)C(=Cc2ccc(O)c(Br)c2)C(=O)N(c2ccccc2)C1=O. The monoisotopic (exact) mass is 444 g/mol. The molecule has 0 atom stereocenters. The number of benzene rings is 2. The minimum atomic E-state index is -0.720. The number of carbonyl (C=O) groups is 3. The molecule has 1 aliphatic heterocycles. The maximum absolute atomic E-state index is 13.0. The van der Waals surface area contributed by atoms with E-state index in [4.69, 9.17) is 4.74 Å². The summed E-state index contributed by atoms with van der Waals surface area (Å²) >= 11 is 3.20. The van der Waals surface area contributed by atoms with Crippen LogP contribution in [-0.4, -0.2) is 48.1 Å². The minimum absolute atomic E-state index is 0.0153. The molecule has 0 aromatic heterocycles. The predicted molar refractivity (Wildman–Crippen MR) is 107 cm³/mol. The van der Waals surface area contributed by atoms with Gasteiger partial charge in [-0.2, -0.15) is 0 Å². The van der Waals surface area contributed by atoms with E-state index in [1.165, 1.54) is 19.3 Å². The molecular formula is C20H17BrN2O5. The Labute approximate surface area is 169 Å². The van der Waals surface area contributed by atoms with Crippen molar-refractivity contribution in [2.24, 2.45) is 0 Å². The van der Waals surface area contributed by atoms with Gasteiger partial charge in [0.1, 0.15) is 11.3 Å². The highest BCUT2D eigenvalue weighted by molar-refractivity contribution is 9.10. The number of anilines is 1. The number of ether oxygens (including phenoxy) is 1. The minimum Gasteiger partial charge on any atom is -0.507 e. The van der Waals surface area contributed by atoms with Gasteiger partial charge in [0, 0.05) is 7.11 Å². The van der Waals surface area contributed by atoms with E-state index in [9.17, 15) is 19.5 Å². The molecule has 3 rings (SSSR count). The van der Waals surface area contributed by atoms with Crippen LogP contribution in [0.15, 0.2) is 58.6 Å². The highest BCUT2D eigenvalue weighted by Gasteiger charge is 2.42. The van der Waals surface area contributed by atoms with Gasteiger partial charge in [-0.15, -0.1) is 0 Å². The standard InChI is InChI=1S/C20H17BrN2O5/c1-28-10-9-22-18(25)15(11-13-7-8-17(24)16(21)12-13)19(26)23(20(22)27)14-5-3-2-4-6-14/h2-8,11-12,24H,9-10H2,1H3. The average Bonchev–Trinajstić information content (AvgIpc) is 2.69. The van der Waals surface area contributed by atoms with Crippen LogP contribution in [-0.2, 0) is 14.3 Å². The van der Waals surface area contributed by atoms with Crippen molar-refractivity contribution in [3.63, 3.8) is 0 Å². The average molecular weight is 445 g/mol. The van der Waals surface area contributed by atoms with Crippen LogP contribution in [0.4, 0.5) is 10.5 Å². The summed E-state index contributed by atoms with van der Waals surface area (Å²) < 4.78 is 5.41. The largest absolute Gasteiger partial charge is 0.507 e. The second kappa shape index (κ2) is 8.37. The summed E-state index contributed by atoms with van der Waals surface area (Å²) in [5, 5.41) is 9.64. The Morgan fingerprint density at radius 1 is 1.07 bits per heavy atom. The van der Waals surface area contributed by atoms with E-state index in [0.29, 0.717) is 15.7 Å². The van der Waals surface area contributed by atoms with Crippen LogP contribution in [0.3, 0.4) is 0 Å². The molecule has 144 valence electrons. The first-order valence-electron chi connectivity index (χ1n) is 8.38. The molecule has 4 amide bonds. The maximum Gasteiger partial charge on any atom is 0.338 e. The fraction of sp³-hybridized carbons (Fsp3) is 0.150. The Morgan fingerprint density at radius 2 is 1.79 bits per heavy atom. The van der Waals surface area contributed by atoms with E-state index in [0.717, 1.165) is 9.80 Å². The number of aromatic hydroxyl groups is 1. The summed E-state index contributed by atoms with van der Waals surface area (Å²) in [6, 6.07) is 12.3. The third-order valence-electron chi connectivity index (χ3n) is 4.15. The number of carbonyl (C=O) groups excluding carboxylic acids is 3. The van der Waals surface area contributed by atoms with E-state index in [2.05, 4.69) is 15.9 Å². The van der Waals surface area contributed by atoms with Crippen LogP contribution in [0.2, 0.25) is 0 Å². The van der Waals surface area contributed by atoms with Crippen LogP contribution in [0, 0.1) is 0 Å². The number of urea groups is 1. The molecular weight excluding hydrogens is 428 g/mol. The smallest absolute Gasteiger partial charge is 0.338 e. The predicted octanol–water partition coefficient (Wildman–Crippen LogP) is 3.18. The molecule has 1 heterocycles. The van der Waals surface area contributed by atoms with Crippen LogP contribution < -0.4 is 4.90 Å². The molecule has 1 fully saturated rings. The Kier molecular flexibility index (Phi) is 5.91. The molecule has 0 unspecified atom stereocenters. The second-order valence-electron chi connectivity index (χ2n) is 5.98. The van der Waals surface area contributed by atoms with Crippen molar-refractivity contribution in [3.8, 4) is 5.75 Å². The lowest BCUT2D eigenvalue weighted by Gasteiger charge is -2.33. The van der Waals surface area contributed by atoms with E-state index in [1.807, 2.05) is 0 Å². The van der Waals surface area contributed by atoms with Gasteiger partial charge in [-0.25, -0.2) is 9.69 Å². The summed E-state index contributed by atoms with van der Waals surface area (Å²) in [5.41, 5.74) is 0.734.